The molecule has 30 heavy (non-hydrogen) atoms. The van der Waals surface area contributed by atoms with Gasteiger partial charge in [0, 0.05) is 11.1 Å². The molecule has 4 nitrogen and oxygen atoms in total. The zero-order valence-corrected chi connectivity index (χ0v) is 16.6. The third-order valence-electron chi connectivity index (χ3n) is 5.78. The van der Waals surface area contributed by atoms with Crippen LogP contribution in [0.3, 0.4) is 0 Å². The van der Waals surface area contributed by atoms with Gasteiger partial charge >= 0.3 is 0 Å². The predicted molar refractivity (Wildman–Crippen MR) is 119 cm³/mol. The van der Waals surface area contributed by atoms with Gasteiger partial charge in [-0.3, -0.25) is 9.89 Å². The molecule has 5 rings (SSSR count). The zero-order valence-electron chi connectivity index (χ0n) is 16.6. The maximum Gasteiger partial charge on any atom is 0.251 e. The van der Waals surface area contributed by atoms with Crippen LogP contribution in [-0.4, -0.2) is 16.1 Å². The van der Waals surface area contributed by atoms with Crippen molar-refractivity contribution in [3.63, 3.8) is 0 Å². The quantitative estimate of drug-likeness (QED) is 0.477. The van der Waals surface area contributed by atoms with E-state index in [-0.39, 0.29) is 11.9 Å². The Morgan fingerprint density at radius 2 is 1.67 bits per heavy atom. The Morgan fingerprint density at radius 1 is 0.900 bits per heavy atom. The second-order valence-corrected chi connectivity index (χ2v) is 7.73. The molecule has 1 unspecified atom stereocenters. The molecule has 1 atom stereocenters. The Labute approximate surface area is 176 Å². The summed E-state index contributed by atoms with van der Waals surface area (Å²) in [5, 5.41) is 10.7. The topological polar surface area (TPSA) is 57.8 Å². The molecule has 148 valence electrons. The Balaban J connectivity index is 1.31. The summed E-state index contributed by atoms with van der Waals surface area (Å²) in [5.74, 6) is -0.0298. The van der Waals surface area contributed by atoms with E-state index < -0.39 is 0 Å². The number of hydrogen-bond donors (Lipinski definition) is 2. The summed E-state index contributed by atoms with van der Waals surface area (Å²) in [6, 6.07) is 28.3. The van der Waals surface area contributed by atoms with Crippen LogP contribution in [0.1, 0.15) is 40.4 Å². The number of carbonyl (C=O) groups is 1. The van der Waals surface area contributed by atoms with Crippen LogP contribution in [0.15, 0.2) is 84.9 Å². The number of rotatable bonds is 4. The zero-order chi connectivity index (χ0) is 20.3. The van der Waals surface area contributed by atoms with Crippen LogP contribution in [0.25, 0.3) is 22.5 Å². The van der Waals surface area contributed by atoms with Gasteiger partial charge in [-0.1, -0.05) is 66.7 Å². The third-order valence-corrected chi connectivity index (χ3v) is 5.78. The highest BCUT2D eigenvalue weighted by Gasteiger charge is 2.21. The van der Waals surface area contributed by atoms with Gasteiger partial charge in [-0.15, -0.1) is 0 Å². The largest absolute Gasteiger partial charge is 0.345 e. The number of aryl methyl sites for hydroxylation is 1. The minimum Gasteiger partial charge on any atom is -0.345 e. The minimum absolute atomic E-state index is 0.0298. The van der Waals surface area contributed by atoms with E-state index in [1.54, 1.807) is 0 Å². The Kier molecular flexibility index (Phi) is 4.89. The average molecular weight is 393 g/mol. The molecule has 0 aliphatic heterocycles. The number of benzene rings is 3. The number of amides is 1. The maximum absolute atomic E-state index is 12.8. The number of fused-ring (bicyclic) bond motifs is 1. The van der Waals surface area contributed by atoms with E-state index in [1.165, 1.54) is 11.1 Å². The maximum atomic E-state index is 12.8. The molecule has 0 saturated carbocycles. The summed E-state index contributed by atoms with van der Waals surface area (Å²) in [4.78, 5) is 12.8. The van der Waals surface area contributed by atoms with Crippen LogP contribution in [0.5, 0.6) is 0 Å². The van der Waals surface area contributed by atoms with Gasteiger partial charge in [0.05, 0.1) is 17.4 Å². The molecule has 0 spiro atoms. The molecule has 0 bridgehead atoms. The first kappa shape index (κ1) is 18.4. The average Bonchev–Trinajstić information content (AvgIpc) is 3.30. The summed E-state index contributed by atoms with van der Waals surface area (Å²) in [5.41, 5.74) is 7.18. The molecule has 1 amide bonds. The van der Waals surface area contributed by atoms with Gasteiger partial charge in [0.2, 0.25) is 0 Å². The van der Waals surface area contributed by atoms with Crippen LogP contribution in [0.2, 0.25) is 0 Å². The van der Waals surface area contributed by atoms with E-state index in [9.17, 15) is 4.79 Å². The fraction of sp³-hybridized carbons (Fsp3) is 0.154. The first-order valence-corrected chi connectivity index (χ1v) is 10.4. The molecule has 4 aromatic rings. The molecule has 2 N–H and O–H groups in total. The molecular weight excluding hydrogens is 370 g/mol. The van der Waals surface area contributed by atoms with Crippen molar-refractivity contribution in [3.05, 3.63) is 102 Å². The fourth-order valence-corrected chi connectivity index (χ4v) is 4.17. The van der Waals surface area contributed by atoms with Crippen LogP contribution < -0.4 is 5.32 Å². The van der Waals surface area contributed by atoms with Crippen molar-refractivity contribution in [2.75, 3.05) is 0 Å². The van der Waals surface area contributed by atoms with Crippen molar-refractivity contribution in [3.8, 4) is 22.5 Å². The molecule has 1 heterocycles. The van der Waals surface area contributed by atoms with Crippen LogP contribution >= 0.6 is 0 Å². The van der Waals surface area contributed by atoms with Gasteiger partial charge in [0.1, 0.15) is 0 Å². The predicted octanol–water partition coefficient (Wildman–Crippen LogP) is 5.55. The van der Waals surface area contributed by atoms with Gasteiger partial charge < -0.3 is 5.32 Å². The van der Waals surface area contributed by atoms with E-state index in [1.807, 2.05) is 66.7 Å². The summed E-state index contributed by atoms with van der Waals surface area (Å²) in [7, 11) is 0. The van der Waals surface area contributed by atoms with Gasteiger partial charge in [0.25, 0.3) is 5.91 Å². The van der Waals surface area contributed by atoms with Crippen LogP contribution in [0.4, 0.5) is 0 Å². The number of aromatic nitrogens is 2. The lowest BCUT2D eigenvalue weighted by molar-refractivity contribution is 0.0933. The van der Waals surface area contributed by atoms with Crippen molar-refractivity contribution in [1.29, 1.82) is 0 Å². The SMILES string of the molecule is O=C(NC1CCCc2ccccc21)c1ccc(-c2cc(-c3ccccc3)n[nH]2)cc1. The van der Waals surface area contributed by atoms with Crippen molar-refractivity contribution in [1.82, 2.24) is 15.5 Å². The highest BCUT2D eigenvalue weighted by Crippen LogP contribution is 2.30. The molecule has 1 aromatic heterocycles. The van der Waals surface area contributed by atoms with E-state index in [0.29, 0.717) is 5.56 Å². The highest BCUT2D eigenvalue weighted by atomic mass is 16.1. The number of nitrogens with zero attached hydrogens (tertiary/aromatic N) is 1. The van der Waals surface area contributed by atoms with Gasteiger partial charge in [-0.25, -0.2) is 0 Å². The second kappa shape index (κ2) is 7.99. The standard InChI is InChI=1S/C26H23N3O/c30-26(27-23-12-6-10-18-7-4-5-11-22(18)23)21-15-13-20(14-16-21)25-17-24(28-29-25)19-8-2-1-3-9-19/h1-5,7-9,11,13-17,23H,6,10,12H2,(H,27,30)(H,28,29). The van der Waals surface area contributed by atoms with Crippen molar-refractivity contribution in [2.24, 2.45) is 0 Å². The minimum atomic E-state index is -0.0298. The van der Waals surface area contributed by atoms with E-state index in [0.717, 1.165) is 41.8 Å². The Hall–Kier alpha value is -3.66. The van der Waals surface area contributed by atoms with Crippen LogP contribution in [-0.2, 0) is 6.42 Å². The molecule has 1 aliphatic rings. The lowest BCUT2D eigenvalue weighted by atomic mass is 9.87. The first-order valence-electron chi connectivity index (χ1n) is 10.4. The lowest BCUT2D eigenvalue weighted by Gasteiger charge is -2.26. The lowest BCUT2D eigenvalue weighted by Crippen LogP contribution is -2.30. The summed E-state index contributed by atoms with van der Waals surface area (Å²) in [6.07, 6.45) is 3.17. The normalized spacial score (nSPS) is 15.4. The smallest absolute Gasteiger partial charge is 0.251 e. The van der Waals surface area contributed by atoms with E-state index in [2.05, 4.69) is 33.7 Å². The molecule has 0 radical (unpaired) electrons. The summed E-state index contributed by atoms with van der Waals surface area (Å²) < 4.78 is 0. The van der Waals surface area contributed by atoms with Crippen molar-refractivity contribution in [2.45, 2.75) is 25.3 Å². The number of aromatic amines is 1. The fourth-order valence-electron chi connectivity index (χ4n) is 4.17. The van der Waals surface area contributed by atoms with Crippen LogP contribution in [0, 0.1) is 0 Å². The number of nitrogens with one attached hydrogen (secondary N) is 2. The first-order chi connectivity index (χ1) is 14.8. The molecule has 4 heteroatoms. The molecule has 1 aliphatic carbocycles. The van der Waals surface area contributed by atoms with Gasteiger partial charge in [-0.2, -0.15) is 5.10 Å². The molecule has 0 saturated heterocycles. The molecular formula is C26H23N3O. The van der Waals surface area contributed by atoms with Gasteiger partial charge in [0.15, 0.2) is 0 Å². The van der Waals surface area contributed by atoms with Crippen molar-refractivity contribution >= 4 is 5.91 Å². The Morgan fingerprint density at radius 3 is 2.50 bits per heavy atom. The number of H-pyrrole nitrogens is 1. The third kappa shape index (κ3) is 3.64. The summed E-state index contributed by atoms with van der Waals surface area (Å²) in [6.45, 7) is 0. The number of hydrogen-bond acceptors (Lipinski definition) is 2. The van der Waals surface area contributed by atoms with E-state index >= 15 is 0 Å². The van der Waals surface area contributed by atoms with Gasteiger partial charge in [-0.05, 0) is 54.2 Å². The molecule has 3 aromatic carbocycles. The Bertz CT molecular complexity index is 1160. The van der Waals surface area contributed by atoms with E-state index in [4.69, 9.17) is 0 Å². The monoisotopic (exact) mass is 393 g/mol. The summed E-state index contributed by atoms with van der Waals surface area (Å²) >= 11 is 0. The molecule has 0 fully saturated rings. The highest BCUT2D eigenvalue weighted by molar-refractivity contribution is 5.95. The number of carbonyl (C=O) groups excluding carboxylic acids is 1. The second-order valence-electron chi connectivity index (χ2n) is 7.73. The van der Waals surface area contributed by atoms with Crippen molar-refractivity contribution < 1.29 is 4.79 Å².